The first-order chi connectivity index (χ1) is 13.6. The van der Waals surface area contributed by atoms with Crippen LogP contribution in [0.3, 0.4) is 0 Å². The zero-order valence-corrected chi connectivity index (χ0v) is 16.5. The van der Waals surface area contributed by atoms with Gasteiger partial charge in [0.05, 0.1) is 11.1 Å². The molecule has 0 saturated carbocycles. The molecule has 4 atom stereocenters. The summed E-state index contributed by atoms with van der Waals surface area (Å²) < 4.78 is 6.51. The van der Waals surface area contributed by atoms with E-state index in [1.165, 1.54) is 25.4 Å². The quantitative estimate of drug-likeness (QED) is 0.280. The molecule has 158 valence electrons. The number of aliphatic hydroxyl groups excluding tert-OH is 3. The predicted octanol–water partition coefficient (Wildman–Crippen LogP) is -2.36. The zero-order chi connectivity index (χ0) is 21.7. The van der Waals surface area contributed by atoms with Crippen LogP contribution in [0.15, 0.2) is 37.3 Å². The summed E-state index contributed by atoms with van der Waals surface area (Å²) in [4.78, 5) is 51.4. The molecule has 0 aromatic carbocycles. The topological polar surface area (TPSA) is 200 Å². The molecule has 0 bridgehead atoms. The van der Waals surface area contributed by atoms with E-state index in [-0.39, 0.29) is 11.7 Å². The van der Waals surface area contributed by atoms with Gasteiger partial charge in [-0.05, 0) is 22.0 Å². The highest BCUT2D eigenvalue weighted by Crippen LogP contribution is 2.28. The molecule has 2 aromatic heterocycles. The second-order valence-corrected chi connectivity index (χ2v) is 6.69. The summed E-state index contributed by atoms with van der Waals surface area (Å²) in [6.45, 7) is 0.792. The number of rotatable bonds is 3. The van der Waals surface area contributed by atoms with Crippen LogP contribution in [-0.4, -0.2) is 65.7 Å². The van der Waals surface area contributed by atoms with Gasteiger partial charge in [0.2, 0.25) is 5.91 Å². The van der Waals surface area contributed by atoms with E-state index >= 15 is 0 Å². The molecule has 2 aromatic rings. The summed E-state index contributed by atoms with van der Waals surface area (Å²) in [6, 6.07) is 1.36. The molecule has 14 heteroatoms. The van der Waals surface area contributed by atoms with Crippen molar-refractivity contribution in [1.82, 2.24) is 19.5 Å². The van der Waals surface area contributed by atoms with Crippen LogP contribution in [0.25, 0.3) is 0 Å². The summed E-state index contributed by atoms with van der Waals surface area (Å²) in [7, 11) is 0. The Kier molecular flexibility index (Phi) is 7.58. The molecule has 1 amide bonds. The second kappa shape index (κ2) is 9.71. The Labute approximate surface area is 170 Å². The summed E-state index contributed by atoms with van der Waals surface area (Å²) in [5.74, 6) is -0.298. The van der Waals surface area contributed by atoms with Gasteiger partial charge in [-0.1, -0.05) is 0 Å². The molecule has 3 rings (SSSR count). The van der Waals surface area contributed by atoms with Gasteiger partial charge in [-0.25, -0.2) is 9.59 Å². The Morgan fingerprint density at radius 2 is 2.03 bits per heavy atom. The highest BCUT2D eigenvalue weighted by atomic mass is 79.9. The van der Waals surface area contributed by atoms with Crippen molar-refractivity contribution in [3.05, 3.63) is 54.3 Å². The molecule has 0 aliphatic carbocycles. The number of hydrogen-bond acceptors (Lipinski definition) is 9. The third kappa shape index (κ3) is 5.68. The minimum atomic E-state index is -1.36. The average Bonchev–Trinajstić information content (AvgIpc) is 2.93. The van der Waals surface area contributed by atoms with Crippen LogP contribution >= 0.6 is 15.9 Å². The van der Waals surface area contributed by atoms with Crippen LogP contribution in [0.5, 0.6) is 0 Å². The first kappa shape index (κ1) is 22.6. The number of amides is 1. The Bertz CT molecular complexity index is 1030. The molecule has 1 saturated heterocycles. The van der Waals surface area contributed by atoms with Crippen LogP contribution in [0.4, 0.5) is 5.82 Å². The number of aromatic amines is 2. The molecule has 0 radical (unpaired) electrons. The number of carbonyl (C=O) groups is 1. The molecule has 1 fully saturated rings. The summed E-state index contributed by atoms with van der Waals surface area (Å²) >= 11 is 2.92. The van der Waals surface area contributed by atoms with E-state index in [1.807, 2.05) is 4.98 Å². The van der Waals surface area contributed by atoms with Gasteiger partial charge in [0.15, 0.2) is 6.23 Å². The maximum absolute atomic E-state index is 11.8. The molecule has 3 heterocycles. The molecule has 29 heavy (non-hydrogen) atoms. The van der Waals surface area contributed by atoms with Crippen LogP contribution < -0.4 is 22.3 Å². The van der Waals surface area contributed by atoms with Crippen molar-refractivity contribution in [2.75, 3.05) is 11.9 Å². The van der Waals surface area contributed by atoms with E-state index in [0.29, 0.717) is 4.47 Å². The highest BCUT2D eigenvalue weighted by Gasteiger charge is 2.43. The number of aliphatic hydroxyl groups is 3. The van der Waals surface area contributed by atoms with E-state index in [0.717, 1.165) is 4.57 Å². The lowest BCUT2D eigenvalue weighted by molar-refractivity contribution is -0.114. The Morgan fingerprint density at radius 1 is 1.34 bits per heavy atom. The molecule has 1 aliphatic rings. The first-order valence-corrected chi connectivity index (χ1v) is 8.90. The van der Waals surface area contributed by atoms with Crippen molar-refractivity contribution < 1.29 is 24.9 Å². The van der Waals surface area contributed by atoms with Crippen molar-refractivity contribution in [3.8, 4) is 0 Å². The minimum absolute atomic E-state index is 0.0745. The number of halogens is 1. The fraction of sp³-hybridized carbons (Fsp3) is 0.400. The van der Waals surface area contributed by atoms with Gasteiger partial charge in [0.25, 0.3) is 5.56 Å². The number of H-pyrrole nitrogens is 2. The molecular formula is C15H18BrN5O8. The predicted molar refractivity (Wildman–Crippen MR) is 101 cm³/mol. The second-order valence-electron chi connectivity index (χ2n) is 5.83. The maximum Gasteiger partial charge on any atom is 0.351 e. The maximum atomic E-state index is 11.8. The van der Waals surface area contributed by atoms with Crippen LogP contribution in [0.2, 0.25) is 0 Å². The largest absolute Gasteiger partial charge is 0.394 e. The SMILES string of the molecule is CC(=O)Nc1ccn([C@@H]2O[C@H](CO)[C@@H](O)[C@H]2O)c(=O)n1.O=c1[nH]cc(Br)c(=O)[nH]1. The van der Waals surface area contributed by atoms with E-state index < -0.39 is 48.1 Å². The molecule has 0 spiro atoms. The van der Waals surface area contributed by atoms with Gasteiger partial charge in [-0.3, -0.25) is 19.1 Å². The van der Waals surface area contributed by atoms with Crippen molar-refractivity contribution in [2.45, 2.75) is 31.5 Å². The number of aromatic nitrogens is 4. The van der Waals surface area contributed by atoms with E-state index in [9.17, 15) is 29.4 Å². The van der Waals surface area contributed by atoms with Gasteiger partial charge >= 0.3 is 11.4 Å². The van der Waals surface area contributed by atoms with Gasteiger partial charge < -0.3 is 30.4 Å². The lowest BCUT2D eigenvalue weighted by Crippen LogP contribution is -2.36. The Balaban J connectivity index is 0.000000278. The smallest absolute Gasteiger partial charge is 0.351 e. The lowest BCUT2D eigenvalue weighted by atomic mass is 10.1. The Morgan fingerprint density at radius 3 is 2.52 bits per heavy atom. The van der Waals surface area contributed by atoms with Crippen LogP contribution in [0.1, 0.15) is 13.2 Å². The number of nitrogens with zero attached hydrogens (tertiary/aromatic N) is 2. The number of ether oxygens (including phenoxy) is 1. The number of carbonyl (C=O) groups excluding carboxylic acids is 1. The summed E-state index contributed by atoms with van der Waals surface area (Å²) in [5.41, 5.74) is -1.67. The van der Waals surface area contributed by atoms with E-state index in [1.54, 1.807) is 0 Å². The van der Waals surface area contributed by atoms with Crippen molar-refractivity contribution in [1.29, 1.82) is 0 Å². The molecule has 6 N–H and O–H groups in total. The highest BCUT2D eigenvalue weighted by molar-refractivity contribution is 9.10. The minimum Gasteiger partial charge on any atom is -0.394 e. The van der Waals surface area contributed by atoms with Gasteiger partial charge in [-0.15, -0.1) is 0 Å². The lowest BCUT2D eigenvalue weighted by Gasteiger charge is -2.17. The van der Waals surface area contributed by atoms with Crippen LogP contribution in [-0.2, 0) is 9.53 Å². The average molecular weight is 476 g/mol. The first-order valence-electron chi connectivity index (χ1n) is 8.10. The van der Waals surface area contributed by atoms with Crippen molar-refractivity contribution >= 4 is 27.7 Å². The monoisotopic (exact) mass is 475 g/mol. The van der Waals surface area contributed by atoms with Gasteiger partial charge in [0.1, 0.15) is 24.1 Å². The van der Waals surface area contributed by atoms with E-state index in [4.69, 9.17) is 9.84 Å². The van der Waals surface area contributed by atoms with Gasteiger partial charge in [0, 0.05) is 19.3 Å². The molecule has 1 aliphatic heterocycles. The number of anilines is 1. The standard InChI is InChI=1S/C11H15N3O6.C4H3BrN2O2/c1-5(16)12-7-2-3-14(11(19)13-7)10-9(18)8(17)6(4-15)20-10;5-2-1-6-4(9)7-3(2)8/h2-3,6,8-10,15,17-18H,4H2,1H3,(H,12,13,16,19);1H,(H2,6,7,8,9)/t6-,8-,9-,10-;/m1./s1. The normalized spacial score (nSPS) is 23.2. The summed E-state index contributed by atoms with van der Waals surface area (Å²) in [6.07, 6.45) is -2.21. The Hall–Kier alpha value is -2.65. The van der Waals surface area contributed by atoms with Crippen molar-refractivity contribution in [3.63, 3.8) is 0 Å². The number of nitrogens with one attached hydrogen (secondary N) is 3. The fourth-order valence-corrected chi connectivity index (χ4v) is 2.57. The fourth-order valence-electron chi connectivity index (χ4n) is 2.36. The van der Waals surface area contributed by atoms with Gasteiger partial charge in [-0.2, -0.15) is 4.98 Å². The van der Waals surface area contributed by atoms with Crippen molar-refractivity contribution in [2.24, 2.45) is 0 Å². The molecule has 0 unspecified atom stereocenters. The third-order valence-corrected chi connectivity index (χ3v) is 4.29. The van der Waals surface area contributed by atoms with E-state index in [2.05, 4.69) is 31.2 Å². The molecule has 13 nitrogen and oxygen atoms in total. The third-order valence-electron chi connectivity index (χ3n) is 3.70. The zero-order valence-electron chi connectivity index (χ0n) is 14.9. The number of hydrogen-bond donors (Lipinski definition) is 6. The summed E-state index contributed by atoms with van der Waals surface area (Å²) in [5, 5.41) is 30.8. The molecular weight excluding hydrogens is 458 g/mol. The van der Waals surface area contributed by atoms with Crippen LogP contribution in [0, 0.1) is 0 Å².